The molecule has 0 saturated carbocycles. The minimum atomic E-state index is 0.127. The third kappa shape index (κ3) is 1.42. The second-order valence-electron chi connectivity index (χ2n) is 3.32. The lowest BCUT2D eigenvalue weighted by molar-refractivity contribution is 0.354. The van der Waals surface area contributed by atoms with Gasteiger partial charge in [0.2, 0.25) is 0 Å². The summed E-state index contributed by atoms with van der Waals surface area (Å²) in [5.74, 6) is 0.769. The summed E-state index contributed by atoms with van der Waals surface area (Å²) < 4.78 is 5.33. The molecule has 0 aromatic heterocycles. The van der Waals surface area contributed by atoms with Gasteiger partial charge in [-0.1, -0.05) is 11.6 Å². The molecule has 2 rings (SSSR count). The van der Waals surface area contributed by atoms with Crippen molar-refractivity contribution in [1.82, 2.24) is 5.32 Å². The molecule has 76 valence electrons. The van der Waals surface area contributed by atoms with Crippen molar-refractivity contribution in [2.75, 3.05) is 13.7 Å². The van der Waals surface area contributed by atoms with Gasteiger partial charge < -0.3 is 15.2 Å². The van der Waals surface area contributed by atoms with Crippen molar-refractivity contribution < 1.29 is 9.84 Å². The first-order valence-electron chi connectivity index (χ1n) is 4.54. The molecule has 0 atom stereocenters. The highest BCUT2D eigenvalue weighted by molar-refractivity contribution is 6.33. The lowest BCUT2D eigenvalue weighted by Gasteiger charge is -2.09. The maximum Gasteiger partial charge on any atom is 0.145 e. The number of hydrogen-bond acceptors (Lipinski definition) is 3. The Morgan fingerprint density at radius 1 is 1.64 bits per heavy atom. The van der Waals surface area contributed by atoms with Crippen LogP contribution in [-0.4, -0.2) is 18.8 Å². The van der Waals surface area contributed by atoms with Crippen LogP contribution >= 0.6 is 11.6 Å². The Kier molecular flexibility index (Phi) is 2.52. The van der Waals surface area contributed by atoms with Crippen molar-refractivity contribution in [2.24, 2.45) is 0 Å². The van der Waals surface area contributed by atoms with Gasteiger partial charge in [-0.25, -0.2) is 0 Å². The van der Waals surface area contributed by atoms with E-state index in [4.69, 9.17) is 16.3 Å². The molecule has 0 spiro atoms. The van der Waals surface area contributed by atoms with Crippen molar-refractivity contribution in [3.8, 4) is 11.5 Å². The minimum Gasteiger partial charge on any atom is -0.506 e. The second-order valence-corrected chi connectivity index (χ2v) is 3.69. The van der Waals surface area contributed by atoms with Crippen molar-refractivity contribution in [1.29, 1.82) is 0 Å². The number of aromatic hydroxyl groups is 1. The Balaban J connectivity index is 2.49. The Hall–Kier alpha value is -0.930. The van der Waals surface area contributed by atoms with Gasteiger partial charge in [-0.2, -0.15) is 0 Å². The van der Waals surface area contributed by atoms with Crippen LogP contribution in [0.1, 0.15) is 11.1 Å². The van der Waals surface area contributed by atoms with Crippen molar-refractivity contribution in [2.45, 2.75) is 13.0 Å². The summed E-state index contributed by atoms with van der Waals surface area (Å²) in [5.41, 5.74) is 1.90. The van der Waals surface area contributed by atoms with Crippen LogP contribution in [0.3, 0.4) is 0 Å². The molecule has 1 heterocycles. The quantitative estimate of drug-likeness (QED) is 0.786. The predicted octanol–water partition coefficient (Wildman–Crippen LogP) is 1.70. The van der Waals surface area contributed by atoms with E-state index in [0.717, 1.165) is 17.5 Å². The molecule has 2 N–H and O–H groups in total. The average Bonchev–Trinajstić information content (AvgIpc) is 2.62. The zero-order valence-electron chi connectivity index (χ0n) is 7.93. The number of rotatable bonds is 2. The predicted molar refractivity (Wildman–Crippen MR) is 55.1 cm³/mol. The molecule has 0 amide bonds. The van der Waals surface area contributed by atoms with Crippen molar-refractivity contribution in [3.63, 3.8) is 0 Å². The zero-order valence-corrected chi connectivity index (χ0v) is 8.69. The fourth-order valence-electron chi connectivity index (χ4n) is 1.66. The third-order valence-corrected chi connectivity index (χ3v) is 2.69. The van der Waals surface area contributed by atoms with Gasteiger partial charge in [-0.15, -0.1) is 0 Å². The van der Waals surface area contributed by atoms with E-state index in [-0.39, 0.29) is 5.75 Å². The highest BCUT2D eigenvalue weighted by Gasteiger charge is 2.21. The highest BCUT2D eigenvalue weighted by Crippen LogP contribution is 2.41. The summed E-state index contributed by atoms with van der Waals surface area (Å²) in [7, 11) is 1.83. The van der Waals surface area contributed by atoms with Gasteiger partial charge in [-0.05, 0) is 18.7 Å². The molecule has 0 bridgehead atoms. The molecule has 0 fully saturated rings. The zero-order chi connectivity index (χ0) is 10.1. The van der Waals surface area contributed by atoms with Crippen LogP contribution in [0.5, 0.6) is 11.5 Å². The number of benzene rings is 1. The first-order valence-corrected chi connectivity index (χ1v) is 4.92. The Morgan fingerprint density at radius 2 is 2.43 bits per heavy atom. The summed E-state index contributed by atoms with van der Waals surface area (Å²) in [4.78, 5) is 0. The first-order chi connectivity index (χ1) is 6.74. The second kappa shape index (κ2) is 3.67. The first kappa shape index (κ1) is 9.62. The number of fused-ring (bicyclic) bond motifs is 1. The maximum absolute atomic E-state index is 9.74. The fraction of sp³-hybridized carbons (Fsp3) is 0.400. The molecule has 3 nitrogen and oxygen atoms in total. The fourth-order valence-corrected chi connectivity index (χ4v) is 1.96. The summed E-state index contributed by atoms with van der Waals surface area (Å²) >= 11 is 5.98. The van der Waals surface area contributed by atoms with Gasteiger partial charge in [0.25, 0.3) is 0 Å². The monoisotopic (exact) mass is 213 g/mol. The molecule has 0 radical (unpaired) electrons. The summed E-state index contributed by atoms with van der Waals surface area (Å²) in [6.07, 6.45) is 0.867. The average molecular weight is 214 g/mol. The Bertz CT molecular complexity index is 366. The number of hydrogen-bond donors (Lipinski definition) is 2. The van der Waals surface area contributed by atoms with Crippen LogP contribution in [0.25, 0.3) is 0 Å². The molecule has 1 aliphatic heterocycles. The Morgan fingerprint density at radius 3 is 3.14 bits per heavy atom. The van der Waals surface area contributed by atoms with Gasteiger partial charge in [-0.3, -0.25) is 0 Å². The number of phenolic OH excluding ortho intramolecular Hbond substituents is 1. The summed E-state index contributed by atoms with van der Waals surface area (Å²) in [5, 5.41) is 13.1. The van der Waals surface area contributed by atoms with E-state index in [1.807, 2.05) is 13.1 Å². The standard InChI is InChI=1S/C10H12ClNO2/c1-12-5-7-4-6-2-3-14-10(6)8(11)9(7)13/h4,12-13H,2-3,5H2,1H3. The molecular formula is C10H12ClNO2. The molecule has 0 aliphatic carbocycles. The number of nitrogens with one attached hydrogen (secondary N) is 1. The maximum atomic E-state index is 9.74. The van der Waals surface area contributed by atoms with Crippen LogP contribution in [0, 0.1) is 0 Å². The normalized spacial score (nSPS) is 13.9. The lowest BCUT2D eigenvalue weighted by Crippen LogP contribution is -2.05. The van der Waals surface area contributed by atoms with Crippen molar-refractivity contribution in [3.05, 3.63) is 22.2 Å². The van der Waals surface area contributed by atoms with Gasteiger partial charge in [0.05, 0.1) is 6.61 Å². The van der Waals surface area contributed by atoms with Crippen LogP contribution in [0.4, 0.5) is 0 Å². The molecule has 14 heavy (non-hydrogen) atoms. The van der Waals surface area contributed by atoms with E-state index < -0.39 is 0 Å². The number of halogens is 1. The van der Waals surface area contributed by atoms with Gasteiger partial charge in [0.1, 0.15) is 16.5 Å². The molecule has 4 heteroatoms. The van der Waals surface area contributed by atoms with Gasteiger partial charge >= 0.3 is 0 Å². The summed E-state index contributed by atoms with van der Waals surface area (Å²) in [6, 6.07) is 1.94. The smallest absolute Gasteiger partial charge is 0.145 e. The molecule has 1 aromatic rings. The topological polar surface area (TPSA) is 41.5 Å². The van der Waals surface area contributed by atoms with E-state index >= 15 is 0 Å². The van der Waals surface area contributed by atoms with Crippen LogP contribution in [0.15, 0.2) is 6.07 Å². The number of phenols is 1. The van der Waals surface area contributed by atoms with E-state index in [9.17, 15) is 5.11 Å². The Labute approximate surface area is 87.6 Å². The van der Waals surface area contributed by atoms with Gasteiger partial charge in [0.15, 0.2) is 0 Å². The van der Waals surface area contributed by atoms with Crippen LogP contribution < -0.4 is 10.1 Å². The van der Waals surface area contributed by atoms with Crippen molar-refractivity contribution >= 4 is 11.6 Å². The molecule has 1 aliphatic rings. The van der Waals surface area contributed by atoms with E-state index in [0.29, 0.717) is 23.9 Å². The van der Waals surface area contributed by atoms with E-state index in [1.165, 1.54) is 0 Å². The largest absolute Gasteiger partial charge is 0.506 e. The van der Waals surface area contributed by atoms with Crippen LogP contribution in [-0.2, 0) is 13.0 Å². The lowest BCUT2D eigenvalue weighted by atomic mass is 10.1. The minimum absolute atomic E-state index is 0.127. The number of ether oxygens (including phenoxy) is 1. The van der Waals surface area contributed by atoms with E-state index in [1.54, 1.807) is 0 Å². The summed E-state index contributed by atoms with van der Waals surface area (Å²) in [6.45, 7) is 1.26. The highest BCUT2D eigenvalue weighted by atomic mass is 35.5. The SMILES string of the molecule is CNCc1cc2c(c(Cl)c1O)OCC2. The molecule has 1 aromatic carbocycles. The van der Waals surface area contributed by atoms with E-state index in [2.05, 4.69) is 5.32 Å². The van der Waals surface area contributed by atoms with Gasteiger partial charge in [0, 0.05) is 18.5 Å². The van der Waals surface area contributed by atoms with Crippen LogP contribution in [0.2, 0.25) is 5.02 Å². The molecule has 0 unspecified atom stereocenters. The molecule has 0 saturated heterocycles. The third-order valence-electron chi connectivity index (χ3n) is 2.34. The molecular weight excluding hydrogens is 202 g/mol.